The number of amides is 1. The van der Waals surface area contributed by atoms with Crippen molar-refractivity contribution in [3.8, 4) is 0 Å². The number of ether oxygens (including phenoxy) is 1. The van der Waals surface area contributed by atoms with E-state index in [1.807, 2.05) is 20.8 Å². The summed E-state index contributed by atoms with van der Waals surface area (Å²) in [6, 6.07) is 0.217. The minimum absolute atomic E-state index is 0.0522. The van der Waals surface area contributed by atoms with Gasteiger partial charge in [0.15, 0.2) is 0 Å². The minimum atomic E-state index is -0.482. The molecule has 2 atom stereocenters. The van der Waals surface area contributed by atoms with Gasteiger partial charge in [-0.15, -0.1) is 0 Å². The van der Waals surface area contributed by atoms with E-state index in [1.54, 1.807) is 0 Å². The predicted molar refractivity (Wildman–Crippen MR) is 64.8 cm³/mol. The second kappa shape index (κ2) is 6.19. The molecule has 0 unspecified atom stereocenters. The molecule has 0 bridgehead atoms. The molecule has 0 heterocycles. The van der Waals surface area contributed by atoms with Crippen LogP contribution in [0.3, 0.4) is 0 Å². The van der Waals surface area contributed by atoms with Crippen molar-refractivity contribution in [2.75, 3.05) is 13.2 Å². The fourth-order valence-corrected chi connectivity index (χ4v) is 2.08. The lowest BCUT2D eigenvalue weighted by Crippen LogP contribution is -2.48. The molecule has 1 amide bonds. The van der Waals surface area contributed by atoms with Crippen molar-refractivity contribution in [3.05, 3.63) is 0 Å². The summed E-state index contributed by atoms with van der Waals surface area (Å²) in [5.74, 6) is 0. The molecule has 1 fully saturated rings. The maximum Gasteiger partial charge on any atom is 0.407 e. The first kappa shape index (κ1) is 14.2. The first-order chi connectivity index (χ1) is 7.92. The van der Waals surface area contributed by atoms with Crippen molar-refractivity contribution >= 4 is 6.09 Å². The summed E-state index contributed by atoms with van der Waals surface area (Å²) in [5.41, 5.74) is -0.482. The van der Waals surface area contributed by atoms with Gasteiger partial charge in [0.2, 0.25) is 0 Å². The van der Waals surface area contributed by atoms with Crippen LogP contribution in [0.25, 0.3) is 0 Å². The SMILES string of the molecule is CC(C)(C)OC(=O)N[C@H]1CCC[C@@H]1NCCF. The van der Waals surface area contributed by atoms with Crippen LogP contribution < -0.4 is 10.6 Å². The molecule has 2 N–H and O–H groups in total. The molecule has 1 aliphatic carbocycles. The summed E-state index contributed by atoms with van der Waals surface area (Å²) < 4.78 is 17.3. The van der Waals surface area contributed by atoms with Crippen LogP contribution in [0.15, 0.2) is 0 Å². The summed E-state index contributed by atoms with van der Waals surface area (Å²) in [5, 5.41) is 5.95. The molecule has 1 saturated carbocycles. The van der Waals surface area contributed by atoms with Crippen LogP contribution in [0.1, 0.15) is 40.0 Å². The molecule has 4 nitrogen and oxygen atoms in total. The number of carbonyl (C=O) groups excluding carboxylic acids is 1. The van der Waals surface area contributed by atoms with E-state index in [1.165, 1.54) is 0 Å². The standard InChI is InChI=1S/C12H23FN2O2/c1-12(2,3)17-11(16)15-10-6-4-5-9(10)14-8-7-13/h9-10,14H,4-8H2,1-3H3,(H,15,16)/t9-,10-/m0/s1. The van der Waals surface area contributed by atoms with Crippen molar-refractivity contribution in [1.29, 1.82) is 0 Å². The summed E-state index contributed by atoms with van der Waals surface area (Å²) in [4.78, 5) is 11.6. The van der Waals surface area contributed by atoms with E-state index in [2.05, 4.69) is 10.6 Å². The first-order valence-electron chi connectivity index (χ1n) is 6.21. The van der Waals surface area contributed by atoms with Crippen LogP contribution >= 0.6 is 0 Å². The van der Waals surface area contributed by atoms with Gasteiger partial charge in [0.1, 0.15) is 12.3 Å². The molecule has 1 rings (SSSR count). The molecule has 0 aliphatic heterocycles. The summed E-state index contributed by atoms with van der Waals surface area (Å²) in [7, 11) is 0. The van der Waals surface area contributed by atoms with Gasteiger partial charge in [-0.05, 0) is 40.0 Å². The molecular formula is C12H23FN2O2. The molecule has 100 valence electrons. The van der Waals surface area contributed by atoms with Crippen molar-refractivity contribution in [2.24, 2.45) is 0 Å². The van der Waals surface area contributed by atoms with Crippen LogP contribution in [0.2, 0.25) is 0 Å². The largest absolute Gasteiger partial charge is 0.444 e. The molecule has 0 spiro atoms. The number of hydrogen-bond acceptors (Lipinski definition) is 3. The smallest absolute Gasteiger partial charge is 0.407 e. The van der Waals surface area contributed by atoms with E-state index in [0.717, 1.165) is 19.3 Å². The summed E-state index contributed by atoms with van der Waals surface area (Å²) in [6.07, 6.45) is 2.55. The number of rotatable bonds is 4. The minimum Gasteiger partial charge on any atom is -0.444 e. The van der Waals surface area contributed by atoms with Crippen LogP contribution in [-0.2, 0) is 4.74 Å². The van der Waals surface area contributed by atoms with Gasteiger partial charge in [0.25, 0.3) is 0 Å². The molecule has 17 heavy (non-hydrogen) atoms. The Hall–Kier alpha value is -0.840. The average molecular weight is 246 g/mol. The molecular weight excluding hydrogens is 223 g/mol. The van der Waals surface area contributed by atoms with E-state index in [9.17, 15) is 9.18 Å². The van der Waals surface area contributed by atoms with Crippen LogP contribution in [0, 0.1) is 0 Å². The Morgan fingerprint density at radius 3 is 2.59 bits per heavy atom. The maximum absolute atomic E-state index is 12.1. The summed E-state index contributed by atoms with van der Waals surface area (Å²) >= 11 is 0. The van der Waals surface area contributed by atoms with Gasteiger partial charge >= 0.3 is 6.09 Å². The number of hydrogen-bond donors (Lipinski definition) is 2. The molecule has 5 heteroatoms. The fraction of sp³-hybridized carbons (Fsp3) is 0.917. The van der Waals surface area contributed by atoms with E-state index in [-0.39, 0.29) is 18.8 Å². The van der Waals surface area contributed by atoms with Gasteiger partial charge < -0.3 is 15.4 Å². The maximum atomic E-state index is 12.1. The van der Waals surface area contributed by atoms with Gasteiger partial charge in [-0.1, -0.05) is 0 Å². The van der Waals surface area contributed by atoms with Gasteiger partial charge in [-0.3, -0.25) is 0 Å². The van der Waals surface area contributed by atoms with Crippen molar-refractivity contribution in [2.45, 2.75) is 57.7 Å². The highest BCUT2D eigenvalue weighted by molar-refractivity contribution is 5.68. The zero-order valence-electron chi connectivity index (χ0n) is 10.9. The third-order valence-electron chi connectivity index (χ3n) is 2.72. The van der Waals surface area contributed by atoms with Gasteiger partial charge in [-0.2, -0.15) is 0 Å². The quantitative estimate of drug-likeness (QED) is 0.797. The number of alkyl carbamates (subject to hydrolysis) is 1. The first-order valence-corrected chi connectivity index (χ1v) is 6.21. The Morgan fingerprint density at radius 1 is 1.35 bits per heavy atom. The number of halogens is 1. The second-order valence-electron chi connectivity index (χ2n) is 5.43. The fourth-order valence-electron chi connectivity index (χ4n) is 2.08. The highest BCUT2D eigenvalue weighted by Gasteiger charge is 2.29. The average Bonchev–Trinajstić information content (AvgIpc) is 2.59. The van der Waals surface area contributed by atoms with Crippen LogP contribution in [-0.4, -0.2) is 37.0 Å². The third-order valence-corrected chi connectivity index (χ3v) is 2.72. The number of nitrogens with one attached hydrogen (secondary N) is 2. The Bertz CT molecular complexity index is 253. The van der Waals surface area contributed by atoms with E-state index >= 15 is 0 Å². The van der Waals surface area contributed by atoms with Crippen molar-refractivity contribution < 1.29 is 13.9 Å². The Balaban J connectivity index is 2.36. The van der Waals surface area contributed by atoms with E-state index in [0.29, 0.717) is 6.54 Å². The molecule has 1 aliphatic rings. The van der Waals surface area contributed by atoms with Crippen LogP contribution in [0.4, 0.5) is 9.18 Å². The van der Waals surface area contributed by atoms with E-state index < -0.39 is 11.7 Å². The topological polar surface area (TPSA) is 50.4 Å². The van der Waals surface area contributed by atoms with Crippen LogP contribution in [0.5, 0.6) is 0 Å². The van der Waals surface area contributed by atoms with Gasteiger partial charge in [-0.25, -0.2) is 9.18 Å². The Kier molecular flexibility index (Phi) is 5.18. The van der Waals surface area contributed by atoms with Gasteiger partial charge in [0, 0.05) is 18.6 Å². The Morgan fingerprint density at radius 2 is 2.00 bits per heavy atom. The monoisotopic (exact) mass is 246 g/mol. The highest BCUT2D eigenvalue weighted by atomic mass is 19.1. The number of carbonyl (C=O) groups is 1. The van der Waals surface area contributed by atoms with Crippen molar-refractivity contribution in [3.63, 3.8) is 0 Å². The molecule has 0 aromatic rings. The lowest BCUT2D eigenvalue weighted by atomic mass is 10.1. The van der Waals surface area contributed by atoms with Gasteiger partial charge in [0.05, 0.1) is 0 Å². The predicted octanol–water partition coefficient (Wildman–Crippen LogP) is 1.99. The molecule has 0 aromatic heterocycles. The molecule has 0 radical (unpaired) electrons. The van der Waals surface area contributed by atoms with E-state index in [4.69, 9.17) is 4.74 Å². The zero-order chi connectivity index (χ0) is 12.9. The lowest BCUT2D eigenvalue weighted by molar-refractivity contribution is 0.0498. The second-order valence-corrected chi connectivity index (χ2v) is 5.43. The molecule has 0 aromatic carbocycles. The summed E-state index contributed by atoms with van der Waals surface area (Å²) in [6.45, 7) is 5.47. The number of alkyl halides is 1. The van der Waals surface area contributed by atoms with Crippen molar-refractivity contribution in [1.82, 2.24) is 10.6 Å². The highest BCUT2D eigenvalue weighted by Crippen LogP contribution is 2.19. The zero-order valence-corrected chi connectivity index (χ0v) is 10.9. The third kappa shape index (κ3) is 5.35. The Labute approximate surface area is 102 Å². The normalized spacial score (nSPS) is 24.7. The lowest BCUT2D eigenvalue weighted by Gasteiger charge is -2.25. The molecule has 0 saturated heterocycles.